The van der Waals surface area contributed by atoms with Crippen molar-refractivity contribution in [2.75, 3.05) is 0 Å². The number of ether oxygens (including phenoxy) is 1. The standard InChI is InChI=1S/C21H19ClN2O2/c1-15(17-6-2-4-8-19(17)22)24-21(25)18-7-3-5-9-20(18)26-14-16-10-12-23-13-11-16/h2-13,15H,14H2,1H3,(H,24,25)/t15-/m1/s1. The number of pyridine rings is 1. The van der Waals surface area contributed by atoms with Gasteiger partial charge in [-0.1, -0.05) is 41.9 Å². The number of amides is 1. The van der Waals surface area contributed by atoms with E-state index in [4.69, 9.17) is 16.3 Å². The summed E-state index contributed by atoms with van der Waals surface area (Å²) in [7, 11) is 0. The van der Waals surface area contributed by atoms with Crippen molar-refractivity contribution in [2.45, 2.75) is 19.6 Å². The van der Waals surface area contributed by atoms with Gasteiger partial charge in [0.2, 0.25) is 0 Å². The summed E-state index contributed by atoms with van der Waals surface area (Å²) >= 11 is 6.22. The second-order valence-electron chi connectivity index (χ2n) is 5.86. The van der Waals surface area contributed by atoms with E-state index in [1.165, 1.54) is 0 Å². The smallest absolute Gasteiger partial charge is 0.255 e. The van der Waals surface area contributed by atoms with Crippen LogP contribution in [0, 0.1) is 0 Å². The van der Waals surface area contributed by atoms with Gasteiger partial charge in [0.1, 0.15) is 12.4 Å². The third-order valence-corrected chi connectivity index (χ3v) is 4.34. The normalized spacial score (nSPS) is 11.6. The van der Waals surface area contributed by atoms with Crippen LogP contribution in [0.15, 0.2) is 73.1 Å². The van der Waals surface area contributed by atoms with Crippen LogP contribution in [0.25, 0.3) is 0 Å². The van der Waals surface area contributed by atoms with Gasteiger partial charge in [0.15, 0.2) is 0 Å². The average Bonchev–Trinajstić information content (AvgIpc) is 2.67. The Hall–Kier alpha value is -2.85. The molecule has 4 nitrogen and oxygen atoms in total. The quantitative estimate of drug-likeness (QED) is 0.681. The van der Waals surface area contributed by atoms with Gasteiger partial charge >= 0.3 is 0 Å². The van der Waals surface area contributed by atoms with Gasteiger partial charge in [-0.25, -0.2) is 0 Å². The zero-order valence-corrected chi connectivity index (χ0v) is 15.1. The molecule has 0 saturated heterocycles. The van der Waals surface area contributed by atoms with Crippen molar-refractivity contribution in [3.8, 4) is 5.75 Å². The van der Waals surface area contributed by atoms with E-state index in [0.717, 1.165) is 11.1 Å². The maximum absolute atomic E-state index is 12.7. The van der Waals surface area contributed by atoms with Gasteiger partial charge in [-0.3, -0.25) is 9.78 Å². The zero-order chi connectivity index (χ0) is 18.4. The van der Waals surface area contributed by atoms with Gasteiger partial charge in [0.25, 0.3) is 5.91 Å². The Morgan fingerprint density at radius 1 is 1.08 bits per heavy atom. The van der Waals surface area contributed by atoms with Crippen molar-refractivity contribution in [3.05, 3.63) is 94.8 Å². The molecule has 3 rings (SSSR count). The van der Waals surface area contributed by atoms with Gasteiger partial charge in [-0.05, 0) is 48.4 Å². The van der Waals surface area contributed by atoms with Gasteiger partial charge < -0.3 is 10.1 Å². The molecule has 0 bridgehead atoms. The number of hydrogen-bond acceptors (Lipinski definition) is 3. The Balaban J connectivity index is 1.72. The van der Waals surface area contributed by atoms with Crippen LogP contribution < -0.4 is 10.1 Å². The van der Waals surface area contributed by atoms with Crippen molar-refractivity contribution in [3.63, 3.8) is 0 Å². The topological polar surface area (TPSA) is 51.2 Å². The number of para-hydroxylation sites is 1. The molecular formula is C21H19ClN2O2. The van der Waals surface area contributed by atoms with Crippen molar-refractivity contribution >= 4 is 17.5 Å². The first-order chi connectivity index (χ1) is 12.6. The van der Waals surface area contributed by atoms with Gasteiger partial charge in [-0.2, -0.15) is 0 Å². The number of benzene rings is 2. The molecule has 26 heavy (non-hydrogen) atoms. The lowest BCUT2D eigenvalue weighted by Crippen LogP contribution is -2.27. The third-order valence-electron chi connectivity index (χ3n) is 3.99. The van der Waals surface area contributed by atoms with Crippen LogP contribution in [-0.2, 0) is 6.61 Å². The Morgan fingerprint density at radius 2 is 1.77 bits per heavy atom. The molecule has 0 radical (unpaired) electrons. The highest BCUT2D eigenvalue weighted by Crippen LogP contribution is 2.24. The van der Waals surface area contributed by atoms with Crippen LogP contribution in [0.3, 0.4) is 0 Å². The SMILES string of the molecule is C[C@@H](NC(=O)c1ccccc1OCc1ccncc1)c1ccccc1Cl. The molecule has 3 aromatic rings. The molecule has 2 aromatic carbocycles. The molecule has 0 fully saturated rings. The number of hydrogen-bond donors (Lipinski definition) is 1. The van der Waals surface area contributed by atoms with Crippen LogP contribution >= 0.6 is 11.6 Å². The number of aromatic nitrogens is 1. The van der Waals surface area contributed by atoms with E-state index in [9.17, 15) is 4.79 Å². The molecule has 0 saturated carbocycles. The number of nitrogens with zero attached hydrogens (tertiary/aromatic N) is 1. The van der Waals surface area contributed by atoms with Gasteiger partial charge in [0, 0.05) is 17.4 Å². The van der Waals surface area contributed by atoms with E-state index in [1.807, 2.05) is 55.5 Å². The number of nitrogens with one attached hydrogen (secondary N) is 1. The molecule has 132 valence electrons. The molecule has 0 unspecified atom stereocenters. The maximum atomic E-state index is 12.7. The van der Waals surface area contributed by atoms with Crippen LogP contribution in [0.4, 0.5) is 0 Å². The summed E-state index contributed by atoms with van der Waals surface area (Å²) in [6.07, 6.45) is 3.42. The molecule has 1 aromatic heterocycles. The lowest BCUT2D eigenvalue weighted by molar-refractivity contribution is 0.0935. The summed E-state index contributed by atoms with van der Waals surface area (Å²) in [5.41, 5.74) is 2.35. The summed E-state index contributed by atoms with van der Waals surface area (Å²) in [4.78, 5) is 16.7. The van der Waals surface area contributed by atoms with Crippen molar-refractivity contribution < 1.29 is 9.53 Å². The van der Waals surface area contributed by atoms with E-state index in [1.54, 1.807) is 24.5 Å². The second kappa shape index (κ2) is 8.50. The molecule has 5 heteroatoms. The predicted octanol–water partition coefficient (Wildman–Crippen LogP) is 4.81. The second-order valence-corrected chi connectivity index (χ2v) is 6.26. The van der Waals surface area contributed by atoms with Crippen LogP contribution in [0.5, 0.6) is 5.75 Å². The molecule has 1 amide bonds. The number of carbonyl (C=O) groups is 1. The summed E-state index contributed by atoms with van der Waals surface area (Å²) < 4.78 is 5.84. The van der Waals surface area contributed by atoms with E-state index >= 15 is 0 Å². The molecular weight excluding hydrogens is 348 g/mol. The summed E-state index contributed by atoms with van der Waals surface area (Å²) in [6.45, 7) is 2.27. The first-order valence-corrected chi connectivity index (χ1v) is 8.69. The first kappa shape index (κ1) is 18.0. The van der Waals surface area contributed by atoms with Crippen molar-refractivity contribution in [2.24, 2.45) is 0 Å². The fourth-order valence-corrected chi connectivity index (χ4v) is 2.90. The highest BCUT2D eigenvalue weighted by atomic mass is 35.5. The van der Waals surface area contributed by atoms with E-state index in [-0.39, 0.29) is 11.9 Å². The summed E-state index contributed by atoms with van der Waals surface area (Å²) in [5.74, 6) is 0.330. The first-order valence-electron chi connectivity index (χ1n) is 8.31. The molecule has 0 aliphatic heterocycles. The van der Waals surface area contributed by atoms with Gasteiger partial charge in [0.05, 0.1) is 11.6 Å². The highest BCUT2D eigenvalue weighted by Gasteiger charge is 2.17. The molecule has 0 aliphatic rings. The van der Waals surface area contributed by atoms with Crippen molar-refractivity contribution in [1.29, 1.82) is 0 Å². The lowest BCUT2D eigenvalue weighted by Gasteiger charge is -2.17. The number of carbonyl (C=O) groups excluding carboxylic acids is 1. The Labute approximate surface area is 157 Å². The van der Waals surface area contributed by atoms with Gasteiger partial charge in [-0.15, -0.1) is 0 Å². The Morgan fingerprint density at radius 3 is 2.54 bits per heavy atom. The predicted molar refractivity (Wildman–Crippen MR) is 102 cm³/mol. The molecule has 1 heterocycles. The molecule has 1 atom stereocenters. The Kier molecular flexibility index (Phi) is 5.87. The van der Waals surface area contributed by atoms with Crippen LogP contribution in [-0.4, -0.2) is 10.9 Å². The fourth-order valence-electron chi connectivity index (χ4n) is 2.60. The molecule has 0 aliphatic carbocycles. The van der Waals surface area contributed by atoms with E-state index in [0.29, 0.717) is 22.9 Å². The van der Waals surface area contributed by atoms with Crippen LogP contribution in [0.2, 0.25) is 5.02 Å². The minimum Gasteiger partial charge on any atom is -0.488 e. The number of rotatable bonds is 6. The zero-order valence-electron chi connectivity index (χ0n) is 14.4. The molecule has 0 spiro atoms. The fraction of sp³-hybridized carbons (Fsp3) is 0.143. The lowest BCUT2D eigenvalue weighted by atomic mass is 10.1. The monoisotopic (exact) mass is 366 g/mol. The van der Waals surface area contributed by atoms with Crippen LogP contribution in [0.1, 0.15) is 34.5 Å². The van der Waals surface area contributed by atoms with Crippen molar-refractivity contribution in [1.82, 2.24) is 10.3 Å². The minimum atomic E-state index is -0.218. The number of halogens is 1. The summed E-state index contributed by atoms with van der Waals surface area (Å²) in [5, 5.41) is 3.61. The molecule has 1 N–H and O–H groups in total. The third kappa shape index (κ3) is 4.41. The minimum absolute atomic E-state index is 0.206. The summed E-state index contributed by atoms with van der Waals surface area (Å²) in [6, 6.07) is 18.2. The highest BCUT2D eigenvalue weighted by molar-refractivity contribution is 6.31. The maximum Gasteiger partial charge on any atom is 0.255 e. The van der Waals surface area contributed by atoms with E-state index < -0.39 is 0 Å². The Bertz CT molecular complexity index is 884. The largest absolute Gasteiger partial charge is 0.488 e. The van der Waals surface area contributed by atoms with E-state index in [2.05, 4.69) is 10.3 Å². The average molecular weight is 367 g/mol.